The first-order chi connectivity index (χ1) is 20.2. The smallest absolute Gasteiger partial charge is 0.350 e. The summed E-state index contributed by atoms with van der Waals surface area (Å²) in [5.74, 6) is -1.44. The maximum Gasteiger partial charge on any atom is 0.350 e. The zero-order chi connectivity index (χ0) is 30.4. The van der Waals surface area contributed by atoms with E-state index in [4.69, 9.17) is 18.6 Å². The number of hydrogen-bond donors (Lipinski definition) is 1. The summed E-state index contributed by atoms with van der Waals surface area (Å²) in [5.41, 5.74) is 0.617. The molecular formula is C31H34N2O8S. The molecule has 1 aromatic carbocycles. The van der Waals surface area contributed by atoms with Crippen molar-refractivity contribution in [1.29, 1.82) is 0 Å². The van der Waals surface area contributed by atoms with Crippen molar-refractivity contribution in [1.82, 2.24) is 4.98 Å². The minimum atomic E-state index is -1.11. The van der Waals surface area contributed by atoms with Crippen LogP contribution < -0.4 is 14.4 Å². The molecule has 4 rings (SSSR count). The molecule has 1 atom stereocenters. The predicted molar refractivity (Wildman–Crippen MR) is 158 cm³/mol. The Morgan fingerprint density at radius 3 is 2.60 bits per heavy atom. The Hall–Kier alpha value is -4.38. The number of nitrogens with zero attached hydrogens (tertiary/aromatic N) is 2. The van der Waals surface area contributed by atoms with Gasteiger partial charge in [0.25, 0.3) is 5.91 Å². The summed E-state index contributed by atoms with van der Waals surface area (Å²) < 4.78 is 22.6. The van der Waals surface area contributed by atoms with E-state index in [0.717, 1.165) is 30.6 Å². The molecule has 1 N–H and O–H groups in total. The number of benzene rings is 1. The number of thiazole rings is 1. The number of aryl methyl sites for hydroxylation is 2. The molecule has 11 heteroatoms. The fourth-order valence-electron chi connectivity index (χ4n) is 4.53. The number of esters is 1. The number of anilines is 1. The molecule has 1 aliphatic heterocycles. The molecule has 0 spiro atoms. The van der Waals surface area contributed by atoms with Crippen LogP contribution in [-0.4, -0.2) is 47.6 Å². The molecule has 10 nitrogen and oxygen atoms in total. The SMILES string of the molecule is C=CCOC(=O)c1sc(N2C(=O)C(O)=C(C(=O)c3ccc(C)o3)C2c2ccc(OCCCCC)c(OCC)c2)nc1C. The van der Waals surface area contributed by atoms with Gasteiger partial charge in [0.1, 0.15) is 17.2 Å². The van der Waals surface area contributed by atoms with Gasteiger partial charge in [-0.2, -0.15) is 0 Å². The number of carbonyl (C=O) groups excluding carboxylic acids is 3. The van der Waals surface area contributed by atoms with Crippen molar-refractivity contribution in [2.24, 2.45) is 0 Å². The average Bonchev–Trinajstić information content (AvgIpc) is 3.65. The molecule has 1 aliphatic rings. The molecule has 1 unspecified atom stereocenters. The quantitative estimate of drug-likeness (QED) is 0.0969. The summed E-state index contributed by atoms with van der Waals surface area (Å²) in [5, 5.41) is 11.2. The number of furan rings is 1. The van der Waals surface area contributed by atoms with E-state index >= 15 is 0 Å². The number of hydrogen-bond acceptors (Lipinski definition) is 10. The van der Waals surface area contributed by atoms with Gasteiger partial charge in [0.05, 0.1) is 30.5 Å². The minimum Gasteiger partial charge on any atom is -0.503 e. The number of rotatable bonds is 14. The van der Waals surface area contributed by atoms with Gasteiger partial charge in [-0.05, 0) is 57.0 Å². The Kier molecular flexibility index (Phi) is 9.84. The molecule has 3 aromatic rings. The first-order valence-electron chi connectivity index (χ1n) is 13.7. The number of ether oxygens (including phenoxy) is 3. The fraction of sp³-hybridized carbons (Fsp3) is 0.355. The summed E-state index contributed by atoms with van der Waals surface area (Å²) in [6, 6.07) is 7.12. The van der Waals surface area contributed by atoms with Crippen molar-refractivity contribution in [3.8, 4) is 11.5 Å². The maximum atomic E-state index is 13.7. The molecule has 0 radical (unpaired) electrons. The van der Waals surface area contributed by atoms with E-state index in [1.54, 1.807) is 38.1 Å². The lowest BCUT2D eigenvalue weighted by molar-refractivity contribution is -0.117. The second-order valence-corrected chi connectivity index (χ2v) is 10.5. The van der Waals surface area contributed by atoms with E-state index in [1.165, 1.54) is 17.0 Å². The second-order valence-electron chi connectivity index (χ2n) is 9.57. The fourth-order valence-corrected chi connectivity index (χ4v) is 5.52. The number of carbonyl (C=O) groups is 3. The minimum absolute atomic E-state index is 0.00734. The average molecular weight is 595 g/mol. The van der Waals surface area contributed by atoms with Gasteiger partial charge in [-0.1, -0.05) is 49.8 Å². The number of Topliss-reactive ketones (excluding diaryl/α,β-unsaturated/α-hetero) is 1. The Morgan fingerprint density at radius 1 is 1.14 bits per heavy atom. The van der Waals surface area contributed by atoms with E-state index in [0.29, 0.717) is 41.7 Å². The number of aliphatic hydroxyl groups is 1. The molecule has 0 bridgehead atoms. The summed E-state index contributed by atoms with van der Waals surface area (Å²) in [4.78, 5) is 45.8. The monoisotopic (exact) mass is 594 g/mol. The Bertz CT molecular complexity index is 1520. The molecule has 2 aromatic heterocycles. The highest BCUT2D eigenvalue weighted by Gasteiger charge is 2.47. The zero-order valence-corrected chi connectivity index (χ0v) is 24.9. The summed E-state index contributed by atoms with van der Waals surface area (Å²) in [7, 11) is 0. The van der Waals surface area contributed by atoms with Crippen LogP contribution in [0.5, 0.6) is 11.5 Å². The Morgan fingerprint density at radius 2 is 1.93 bits per heavy atom. The van der Waals surface area contributed by atoms with Crippen molar-refractivity contribution < 1.29 is 38.1 Å². The topological polar surface area (TPSA) is 128 Å². The van der Waals surface area contributed by atoms with Crippen LogP contribution in [0.2, 0.25) is 0 Å². The van der Waals surface area contributed by atoms with E-state index in [-0.39, 0.29) is 27.9 Å². The van der Waals surface area contributed by atoms with Crippen LogP contribution in [0.3, 0.4) is 0 Å². The normalized spacial score (nSPS) is 14.8. The van der Waals surface area contributed by atoms with Gasteiger partial charge in [-0.15, -0.1) is 0 Å². The van der Waals surface area contributed by atoms with Gasteiger partial charge in [0, 0.05) is 0 Å². The largest absolute Gasteiger partial charge is 0.503 e. The molecule has 222 valence electrons. The third kappa shape index (κ3) is 6.25. The van der Waals surface area contributed by atoms with Crippen LogP contribution in [0.1, 0.15) is 76.4 Å². The van der Waals surface area contributed by atoms with E-state index in [1.807, 2.05) is 6.92 Å². The first kappa shape index (κ1) is 30.6. The molecular weight excluding hydrogens is 560 g/mol. The highest BCUT2D eigenvalue weighted by Crippen LogP contribution is 2.45. The van der Waals surface area contributed by atoms with Gasteiger partial charge in [0.15, 0.2) is 28.1 Å². The van der Waals surface area contributed by atoms with Gasteiger partial charge < -0.3 is 23.7 Å². The molecule has 0 saturated carbocycles. The molecule has 1 amide bonds. The second kappa shape index (κ2) is 13.5. The third-order valence-electron chi connectivity index (χ3n) is 6.51. The van der Waals surface area contributed by atoms with Gasteiger partial charge in [0.2, 0.25) is 5.78 Å². The van der Waals surface area contributed by atoms with Crippen LogP contribution in [0, 0.1) is 13.8 Å². The van der Waals surface area contributed by atoms with Crippen molar-refractivity contribution in [2.75, 3.05) is 24.7 Å². The van der Waals surface area contributed by atoms with Crippen LogP contribution in [-0.2, 0) is 9.53 Å². The van der Waals surface area contributed by atoms with Crippen LogP contribution in [0.25, 0.3) is 0 Å². The van der Waals surface area contributed by atoms with Crippen LogP contribution in [0.15, 0.2) is 58.7 Å². The summed E-state index contributed by atoms with van der Waals surface area (Å²) >= 11 is 0.923. The van der Waals surface area contributed by atoms with Gasteiger partial charge in [-0.3, -0.25) is 14.5 Å². The van der Waals surface area contributed by atoms with Crippen molar-refractivity contribution >= 4 is 34.1 Å². The highest BCUT2D eigenvalue weighted by molar-refractivity contribution is 7.17. The van der Waals surface area contributed by atoms with Crippen molar-refractivity contribution in [2.45, 2.75) is 53.0 Å². The molecule has 0 aliphatic carbocycles. The number of amides is 1. The summed E-state index contributed by atoms with van der Waals surface area (Å²) in [6.45, 7) is 11.7. The maximum absolute atomic E-state index is 13.7. The Balaban J connectivity index is 1.81. The van der Waals surface area contributed by atoms with Crippen LogP contribution in [0.4, 0.5) is 5.13 Å². The number of aromatic nitrogens is 1. The molecule has 0 fully saturated rings. The number of unbranched alkanes of at least 4 members (excludes halogenated alkanes) is 2. The molecule has 0 saturated heterocycles. The van der Waals surface area contributed by atoms with E-state index in [9.17, 15) is 19.5 Å². The zero-order valence-electron chi connectivity index (χ0n) is 24.1. The van der Waals surface area contributed by atoms with E-state index < -0.39 is 29.5 Å². The predicted octanol–water partition coefficient (Wildman–Crippen LogP) is 6.45. The van der Waals surface area contributed by atoms with Gasteiger partial charge >= 0.3 is 5.97 Å². The van der Waals surface area contributed by atoms with Crippen molar-refractivity contribution in [3.63, 3.8) is 0 Å². The van der Waals surface area contributed by atoms with Crippen LogP contribution >= 0.6 is 11.3 Å². The lowest BCUT2D eigenvalue weighted by Crippen LogP contribution is -2.31. The first-order valence-corrected chi connectivity index (χ1v) is 14.6. The third-order valence-corrected chi connectivity index (χ3v) is 7.65. The molecule has 3 heterocycles. The van der Waals surface area contributed by atoms with Gasteiger partial charge in [-0.25, -0.2) is 9.78 Å². The number of aliphatic hydroxyl groups excluding tert-OH is 1. The standard InChI is InChI=1S/C31H34N2O8S/c1-6-9-10-16-39-21-14-12-20(17-23(21)38-8-3)25-24(26(34)22-13-11-18(4)41-22)27(35)29(36)33(25)31-32-19(5)28(42-31)30(37)40-15-7-2/h7,11-14,17,25,35H,2,6,8-10,15-16H2,1,3-5H3. The number of ketones is 1. The molecule has 42 heavy (non-hydrogen) atoms. The lowest BCUT2D eigenvalue weighted by Gasteiger charge is -2.25. The van der Waals surface area contributed by atoms with Crippen molar-refractivity contribution in [3.05, 3.63) is 82.0 Å². The summed E-state index contributed by atoms with van der Waals surface area (Å²) in [6.07, 6.45) is 4.41. The van der Waals surface area contributed by atoms with E-state index in [2.05, 4.69) is 18.5 Å². The highest BCUT2D eigenvalue weighted by atomic mass is 32.1. The Labute approximate surface area is 248 Å². The lowest BCUT2D eigenvalue weighted by atomic mass is 9.95.